The van der Waals surface area contributed by atoms with Crippen molar-refractivity contribution in [3.63, 3.8) is 0 Å². The third-order valence-corrected chi connectivity index (χ3v) is 2.34. The lowest BCUT2D eigenvalue weighted by molar-refractivity contribution is -0.120. The molecule has 16 heavy (non-hydrogen) atoms. The zero-order chi connectivity index (χ0) is 11.7. The van der Waals surface area contributed by atoms with E-state index in [0.29, 0.717) is 11.0 Å². The van der Waals surface area contributed by atoms with Gasteiger partial charge in [-0.05, 0) is 11.0 Å². The van der Waals surface area contributed by atoms with Crippen molar-refractivity contribution in [2.45, 2.75) is 6.04 Å². The van der Waals surface area contributed by atoms with Gasteiger partial charge in [-0.3, -0.25) is 10.1 Å². The standard InChI is InChI=1S/C9H9BN2O4/c13-8-7(11-9(14)12-8)5-1-3-6(4-2-5)10(15)16/h1-4,7,15-16H,(H2,11,12,13,14). The molecule has 7 heteroatoms. The molecular formula is C9H9BN2O4. The lowest BCUT2D eigenvalue weighted by Gasteiger charge is -2.08. The Bertz CT molecular complexity index is 432. The first-order chi connectivity index (χ1) is 7.58. The molecule has 0 radical (unpaired) electrons. The van der Waals surface area contributed by atoms with Crippen LogP contribution in [-0.2, 0) is 4.79 Å². The van der Waals surface area contributed by atoms with E-state index >= 15 is 0 Å². The van der Waals surface area contributed by atoms with Crippen LogP contribution in [-0.4, -0.2) is 29.1 Å². The van der Waals surface area contributed by atoms with Gasteiger partial charge < -0.3 is 15.4 Å². The van der Waals surface area contributed by atoms with Gasteiger partial charge in [0, 0.05) is 0 Å². The maximum atomic E-state index is 11.3. The second-order valence-electron chi connectivity index (χ2n) is 3.44. The summed E-state index contributed by atoms with van der Waals surface area (Å²) < 4.78 is 0. The van der Waals surface area contributed by atoms with Crippen LogP contribution in [0.5, 0.6) is 0 Å². The summed E-state index contributed by atoms with van der Waals surface area (Å²) in [4.78, 5) is 22.2. The van der Waals surface area contributed by atoms with Gasteiger partial charge in [-0.1, -0.05) is 24.3 Å². The van der Waals surface area contributed by atoms with E-state index in [1.807, 2.05) is 0 Å². The number of amides is 3. The Labute approximate surface area is 91.4 Å². The summed E-state index contributed by atoms with van der Waals surface area (Å²) in [6, 6.07) is 4.85. The molecule has 4 N–H and O–H groups in total. The van der Waals surface area contributed by atoms with Gasteiger partial charge >= 0.3 is 13.1 Å². The number of carbonyl (C=O) groups excluding carboxylic acids is 2. The SMILES string of the molecule is O=C1NC(=O)C(c2ccc(B(O)O)cc2)N1. The summed E-state index contributed by atoms with van der Waals surface area (Å²) in [5.74, 6) is -0.415. The number of hydrogen-bond donors (Lipinski definition) is 4. The van der Waals surface area contributed by atoms with Gasteiger partial charge in [0.15, 0.2) is 0 Å². The zero-order valence-corrected chi connectivity index (χ0v) is 8.18. The highest BCUT2D eigenvalue weighted by Crippen LogP contribution is 2.15. The normalized spacial score (nSPS) is 19.2. The molecule has 0 aromatic heterocycles. The average Bonchev–Trinajstić information content (AvgIpc) is 2.58. The number of urea groups is 1. The second-order valence-corrected chi connectivity index (χ2v) is 3.44. The van der Waals surface area contributed by atoms with Crippen molar-refractivity contribution in [1.82, 2.24) is 10.6 Å². The van der Waals surface area contributed by atoms with Crippen molar-refractivity contribution in [2.75, 3.05) is 0 Å². The largest absolute Gasteiger partial charge is 0.488 e. The van der Waals surface area contributed by atoms with Crippen molar-refractivity contribution in [3.8, 4) is 0 Å². The molecule has 1 aliphatic rings. The van der Waals surface area contributed by atoms with Crippen LogP contribution in [0.15, 0.2) is 24.3 Å². The van der Waals surface area contributed by atoms with Gasteiger partial charge in [-0.25, -0.2) is 4.79 Å². The molecular weight excluding hydrogens is 211 g/mol. The number of imide groups is 1. The van der Waals surface area contributed by atoms with Gasteiger partial charge in [0.25, 0.3) is 5.91 Å². The quantitative estimate of drug-likeness (QED) is 0.350. The van der Waals surface area contributed by atoms with Crippen LogP contribution in [0.4, 0.5) is 4.79 Å². The number of benzene rings is 1. The Balaban J connectivity index is 2.22. The van der Waals surface area contributed by atoms with E-state index in [-0.39, 0.29) is 0 Å². The van der Waals surface area contributed by atoms with Crippen molar-refractivity contribution >= 4 is 24.5 Å². The van der Waals surface area contributed by atoms with Crippen LogP contribution in [0.1, 0.15) is 11.6 Å². The molecule has 1 heterocycles. The average molecular weight is 220 g/mol. The smallest absolute Gasteiger partial charge is 0.423 e. The number of carbonyl (C=O) groups is 2. The van der Waals surface area contributed by atoms with E-state index in [0.717, 1.165) is 0 Å². The van der Waals surface area contributed by atoms with Crippen LogP contribution >= 0.6 is 0 Å². The Morgan fingerprint density at radius 1 is 1.12 bits per heavy atom. The van der Waals surface area contributed by atoms with E-state index < -0.39 is 25.1 Å². The Morgan fingerprint density at radius 2 is 1.75 bits per heavy atom. The van der Waals surface area contributed by atoms with Crippen molar-refractivity contribution in [1.29, 1.82) is 0 Å². The fourth-order valence-electron chi connectivity index (χ4n) is 1.51. The molecule has 6 nitrogen and oxygen atoms in total. The third-order valence-electron chi connectivity index (χ3n) is 2.34. The zero-order valence-electron chi connectivity index (χ0n) is 8.18. The first-order valence-corrected chi connectivity index (χ1v) is 4.65. The van der Waals surface area contributed by atoms with E-state index in [9.17, 15) is 9.59 Å². The summed E-state index contributed by atoms with van der Waals surface area (Å²) in [5.41, 5.74) is 0.918. The molecule has 82 valence electrons. The van der Waals surface area contributed by atoms with Crippen molar-refractivity contribution in [3.05, 3.63) is 29.8 Å². The molecule has 2 rings (SSSR count). The van der Waals surface area contributed by atoms with Crippen molar-refractivity contribution < 1.29 is 19.6 Å². The molecule has 1 saturated heterocycles. The first-order valence-electron chi connectivity index (χ1n) is 4.65. The lowest BCUT2D eigenvalue weighted by atomic mass is 9.80. The van der Waals surface area contributed by atoms with Crippen LogP contribution in [0, 0.1) is 0 Å². The highest BCUT2D eigenvalue weighted by molar-refractivity contribution is 6.58. The number of hydrogen-bond acceptors (Lipinski definition) is 4. The van der Waals surface area contributed by atoms with Gasteiger partial charge in [0.1, 0.15) is 6.04 Å². The molecule has 0 saturated carbocycles. The van der Waals surface area contributed by atoms with Gasteiger partial charge in [0.2, 0.25) is 0 Å². The van der Waals surface area contributed by atoms with Crippen LogP contribution in [0.25, 0.3) is 0 Å². The van der Waals surface area contributed by atoms with E-state index in [1.165, 1.54) is 12.1 Å². The fourth-order valence-corrected chi connectivity index (χ4v) is 1.51. The maximum Gasteiger partial charge on any atom is 0.488 e. The number of nitrogens with one attached hydrogen (secondary N) is 2. The van der Waals surface area contributed by atoms with E-state index in [1.54, 1.807) is 12.1 Å². The molecule has 1 aromatic carbocycles. The van der Waals surface area contributed by atoms with Crippen LogP contribution in [0.2, 0.25) is 0 Å². The Hall–Kier alpha value is -1.86. The molecule has 1 atom stereocenters. The van der Waals surface area contributed by atoms with E-state index in [2.05, 4.69) is 10.6 Å². The molecule has 1 unspecified atom stereocenters. The molecule has 0 spiro atoms. The summed E-state index contributed by atoms with van der Waals surface area (Å²) in [7, 11) is -1.54. The molecule has 3 amide bonds. The molecule has 1 aromatic rings. The van der Waals surface area contributed by atoms with Crippen molar-refractivity contribution in [2.24, 2.45) is 0 Å². The summed E-state index contributed by atoms with van der Waals surface area (Å²) in [5, 5.41) is 22.3. The highest BCUT2D eigenvalue weighted by atomic mass is 16.4. The Kier molecular flexibility index (Phi) is 2.63. The molecule has 1 aliphatic heterocycles. The minimum absolute atomic E-state index is 0.327. The van der Waals surface area contributed by atoms with E-state index in [4.69, 9.17) is 10.0 Å². The van der Waals surface area contributed by atoms with Gasteiger partial charge in [0.05, 0.1) is 0 Å². The topological polar surface area (TPSA) is 98.7 Å². The van der Waals surface area contributed by atoms with Gasteiger partial charge in [-0.2, -0.15) is 0 Å². The van der Waals surface area contributed by atoms with Gasteiger partial charge in [-0.15, -0.1) is 0 Å². The fraction of sp³-hybridized carbons (Fsp3) is 0.111. The number of rotatable bonds is 2. The predicted octanol–water partition coefficient (Wildman–Crippen LogP) is -1.75. The highest BCUT2D eigenvalue weighted by Gasteiger charge is 2.30. The monoisotopic (exact) mass is 220 g/mol. The first kappa shape index (κ1) is 10.7. The minimum Gasteiger partial charge on any atom is -0.423 e. The lowest BCUT2D eigenvalue weighted by Crippen LogP contribution is -2.30. The third kappa shape index (κ3) is 1.90. The molecule has 0 aliphatic carbocycles. The second kappa shape index (κ2) is 3.95. The summed E-state index contributed by atoms with van der Waals surface area (Å²) in [6.07, 6.45) is 0. The summed E-state index contributed by atoms with van der Waals surface area (Å²) >= 11 is 0. The summed E-state index contributed by atoms with van der Waals surface area (Å²) in [6.45, 7) is 0. The molecule has 0 bridgehead atoms. The maximum absolute atomic E-state index is 11.3. The van der Waals surface area contributed by atoms with Crippen LogP contribution < -0.4 is 16.1 Å². The predicted molar refractivity (Wildman–Crippen MR) is 55.7 cm³/mol. The minimum atomic E-state index is -1.54. The molecule has 1 fully saturated rings. The van der Waals surface area contributed by atoms with Crippen LogP contribution in [0.3, 0.4) is 0 Å². The Morgan fingerprint density at radius 3 is 2.19 bits per heavy atom.